The van der Waals surface area contributed by atoms with Gasteiger partial charge in [-0.1, -0.05) is 4.49 Å². The summed E-state index contributed by atoms with van der Waals surface area (Å²) in [5.74, 6) is -0.132. The number of unbranched alkanes of at least 4 members (excludes halogenated alkanes) is 1. The van der Waals surface area contributed by atoms with Crippen molar-refractivity contribution in [3.05, 3.63) is 11.1 Å². The Morgan fingerprint density at radius 1 is 1.45 bits per heavy atom. The summed E-state index contributed by atoms with van der Waals surface area (Å²) in [6, 6.07) is 0. The smallest absolute Gasteiger partial charge is 0.272 e. The predicted octanol–water partition coefficient (Wildman–Crippen LogP) is 1.16. The highest BCUT2D eigenvalue weighted by Crippen LogP contribution is 2.11. The molecule has 0 saturated carbocycles. The summed E-state index contributed by atoms with van der Waals surface area (Å²) < 4.78 is 9.38. The summed E-state index contributed by atoms with van der Waals surface area (Å²) >= 11 is 1.19. The van der Waals surface area contributed by atoms with Gasteiger partial charge in [0.05, 0.1) is 12.2 Å². The largest absolute Gasteiger partial charge is 0.373 e. The normalized spacial score (nSPS) is 23.7. The Balaban J connectivity index is 1.56. The molecule has 6 nitrogen and oxygen atoms in total. The molecular weight excluding hydrogens is 276 g/mol. The number of aromatic nitrogens is 2. The Labute approximate surface area is 123 Å². The molecule has 1 saturated heterocycles. The van der Waals surface area contributed by atoms with E-state index in [9.17, 15) is 4.79 Å². The minimum absolute atomic E-state index is 0.132. The molecule has 0 aliphatic carbocycles. The highest BCUT2D eigenvalue weighted by molar-refractivity contribution is 7.03. The third-order valence-corrected chi connectivity index (χ3v) is 3.78. The lowest BCUT2D eigenvalue weighted by molar-refractivity contribution is -0.0681. The standard InChI is InChI=1S/C13H22N4O2S/c1-10-7-17(8-11(2)19-10)6-4-3-5-14-13(18)12-9-20-16-15-12/h9-11H,3-8H2,1-2H3,(H,14,18)/t10-,11-/m1/s1. The average molecular weight is 298 g/mol. The van der Waals surface area contributed by atoms with Crippen LogP contribution in [0, 0.1) is 0 Å². The van der Waals surface area contributed by atoms with E-state index in [2.05, 4.69) is 33.7 Å². The first-order valence-electron chi connectivity index (χ1n) is 7.08. The molecule has 2 rings (SSSR count). The van der Waals surface area contributed by atoms with Crippen LogP contribution >= 0.6 is 11.5 Å². The molecule has 112 valence electrons. The van der Waals surface area contributed by atoms with Gasteiger partial charge in [-0.15, -0.1) is 5.10 Å². The van der Waals surface area contributed by atoms with Crippen LogP contribution < -0.4 is 5.32 Å². The van der Waals surface area contributed by atoms with Crippen LogP contribution in [-0.4, -0.2) is 58.8 Å². The van der Waals surface area contributed by atoms with E-state index in [0.717, 1.165) is 32.5 Å². The second kappa shape index (κ2) is 7.66. The van der Waals surface area contributed by atoms with Gasteiger partial charge in [0.25, 0.3) is 5.91 Å². The van der Waals surface area contributed by atoms with Crippen LogP contribution in [0.5, 0.6) is 0 Å². The quantitative estimate of drug-likeness (QED) is 0.798. The summed E-state index contributed by atoms with van der Waals surface area (Å²) in [5.41, 5.74) is 0.408. The zero-order chi connectivity index (χ0) is 14.4. The van der Waals surface area contributed by atoms with E-state index in [1.165, 1.54) is 11.5 Å². The van der Waals surface area contributed by atoms with Crippen molar-refractivity contribution in [1.29, 1.82) is 0 Å². The van der Waals surface area contributed by atoms with Gasteiger partial charge in [-0.05, 0) is 44.8 Å². The first-order valence-corrected chi connectivity index (χ1v) is 7.92. The van der Waals surface area contributed by atoms with Crippen LogP contribution in [0.2, 0.25) is 0 Å². The van der Waals surface area contributed by atoms with Crippen molar-refractivity contribution in [2.45, 2.75) is 38.9 Å². The molecule has 0 aromatic carbocycles. The number of nitrogens with zero attached hydrogens (tertiary/aromatic N) is 3. The van der Waals surface area contributed by atoms with Crippen LogP contribution in [0.4, 0.5) is 0 Å². The lowest BCUT2D eigenvalue weighted by atomic mass is 10.2. The first-order chi connectivity index (χ1) is 9.65. The number of morpholine rings is 1. The first kappa shape index (κ1) is 15.3. The molecule has 0 bridgehead atoms. The maximum Gasteiger partial charge on any atom is 0.272 e. The van der Waals surface area contributed by atoms with Gasteiger partial charge < -0.3 is 10.1 Å². The maximum atomic E-state index is 11.6. The van der Waals surface area contributed by atoms with Crippen molar-refractivity contribution in [2.75, 3.05) is 26.2 Å². The molecule has 1 aromatic heterocycles. The summed E-state index contributed by atoms with van der Waals surface area (Å²) in [5, 5.41) is 8.26. The number of hydrogen-bond donors (Lipinski definition) is 1. The number of carbonyl (C=O) groups excluding carboxylic acids is 1. The number of hydrogen-bond acceptors (Lipinski definition) is 6. The summed E-state index contributed by atoms with van der Waals surface area (Å²) in [6.45, 7) is 7.98. The molecular formula is C13H22N4O2S. The topological polar surface area (TPSA) is 67.4 Å². The summed E-state index contributed by atoms with van der Waals surface area (Å²) in [7, 11) is 0. The summed E-state index contributed by atoms with van der Waals surface area (Å²) in [6.07, 6.45) is 2.68. The van der Waals surface area contributed by atoms with E-state index in [0.29, 0.717) is 24.4 Å². The van der Waals surface area contributed by atoms with E-state index < -0.39 is 0 Å². The van der Waals surface area contributed by atoms with E-state index >= 15 is 0 Å². The Bertz CT molecular complexity index is 403. The molecule has 2 atom stereocenters. The van der Waals surface area contributed by atoms with Gasteiger partial charge >= 0.3 is 0 Å². The molecule has 1 aliphatic rings. The van der Waals surface area contributed by atoms with Crippen LogP contribution in [0.1, 0.15) is 37.2 Å². The number of carbonyl (C=O) groups is 1. The fraction of sp³-hybridized carbons (Fsp3) is 0.769. The lowest BCUT2D eigenvalue weighted by Gasteiger charge is -2.35. The Kier molecular flexibility index (Phi) is 5.87. The highest BCUT2D eigenvalue weighted by Gasteiger charge is 2.21. The average Bonchev–Trinajstić information content (AvgIpc) is 2.90. The van der Waals surface area contributed by atoms with Crippen molar-refractivity contribution >= 4 is 17.4 Å². The molecule has 1 fully saturated rings. The lowest BCUT2D eigenvalue weighted by Crippen LogP contribution is -2.45. The number of ether oxygens (including phenoxy) is 1. The van der Waals surface area contributed by atoms with Gasteiger partial charge in [0, 0.05) is 25.0 Å². The molecule has 1 aromatic rings. The predicted molar refractivity (Wildman–Crippen MR) is 77.9 cm³/mol. The van der Waals surface area contributed by atoms with E-state index in [4.69, 9.17) is 4.74 Å². The van der Waals surface area contributed by atoms with E-state index in [1.54, 1.807) is 5.38 Å². The Morgan fingerprint density at radius 3 is 2.85 bits per heavy atom. The van der Waals surface area contributed by atoms with Gasteiger partial charge in [-0.3, -0.25) is 9.69 Å². The van der Waals surface area contributed by atoms with Gasteiger partial charge in [-0.2, -0.15) is 0 Å². The minimum Gasteiger partial charge on any atom is -0.373 e. The molecule has 1 amide bonds. The SMILES string of the molecule is C[C@@H]1CN(CCCCNC(=O)c2csnn2)C[C@@H](C)O1. The fourth-order valence-electron chi connectivity index (χ4n) is 2.48. The van der Waals surface area contributed by atoms with Crippen molar-refractivity contribution in [3.8, 4) is 0 Å². The van der Waals surface area contributed by atoms with Crippen LogP contribution in [0.15, 0.2) is 5.38 Å². The van der Waals surface area contributed by atoms with Crippen molar-refractivity contribution in [2.24, 2.45) is 0 Å². The number of amides is 1. The molecule has 7 heteroatoms. The zero-order valence-corrected chi connectivity index (χ0v) is 12.9. The molecule has 0 radical (unpaired) electrons. The third kappa shape index (κ3) is 4.81. The van der Waals surface area contributed by atoms with E-state index in [1.807, 2.05) is 0 Å². The highest BCUT2D eigenvalue weighted by atomic mass is 32.1. The molecule has 0 unspecified atom stereocenters. The molecule has 1 N–H and O–H groups in total. The Morgan fingerprint density at radius 2 is 2.20 bits per heavy atom. The Hall–Kier alpha value is -1.05. The second-order valence-electron chi connectivity index (χ2n) is 5.27. The van der Waals surface area contributed by atoms with Gasteiger partial charge in [0.2, 0.25) is 0 Å². The molecule has 20 heavy (non-hydrogen) atoms. The van der Waals surface area contributed by atoms with Crippen molar-refractivity contribution < 1.29 is 9.53 Å². The summed E-state index contributed by atoms with van der Waals surface area (Å²) in [4.78, 5) is 14.1. The van der Waals surface area contributed by atoms with Crippen molar-refractivity contribution in [3.63, 3.8) is 0 Å². The van der Waals surface area contributed by atoms with Crippen LogP contribution in [0.3, 0.4) is 0 Å². The van der Waals surface area contributed by atoms with E-state index in [-0.39, 0.29) is 5.91 Å². The minimum atomic E-state index is -0.132. The number of nitrogens with one attached hydrogen (secondary N) is 1. The third-order valence-electron chi connectivity index (χ3n) is 3.27. The molecule has 0 spiro atoms. The number of rotatable bonds is 6. The zero-order valence-electron chi connectivity index (χ0n) is 12.0. The molecule has 2 heterocycles. The second-order valence-corrected chi connectivity index (χ2v) is 5.88. The molecule has 1 aliphatic heterocycles. The monoisotopic (exact) mass is 298 g/mol. The van der Waals surface area contributed by atoms with Crippen LogP contribution in [0.25, 0.3) is 0 Å². The van der Waals surface area contributed by atoms with Gasteiger partial charge in [0.15, 0.2) is 5.69 Å². The van der Waals surface area contributed by atoms with Gasteiger partial charge in [-0.25, -0.2) is 0 Å². The van der Waals surface area contributed by atoms with Crippen molar-refractivity contribution in [1.82, 2.24) is 19.8 Å². The maximum absolute atomic E-state index is 11.6. The fourth-order valence-corrected chi connectivity index (χ4v) is 2.92. The van der Waals surface area contributed by atoms with Crippen LogP contribution in [-0.2, 0) is 4.74 Å². The van der Waals surface area contributed by atoms with Gasteiger partial charge in [0.1, 0.15) is 0 Å².